The van der Waals surface area contributed by atoms with Crippen molar-refractivity contribution in [3.8, 4) is 5.69 Å². The molecule has 0 saturated heterocycles. The normalized spacial score (nSPS) is 10.8. The van der Waals surface area contributed by atoms with E-state index in [-0.39, 0.29) is 11.2 Å². The highest BCUT2D eigenvalue weighted by atomic mass is 127. The summed E-state index contributed by atoms with van der Waals surface area (Å²) in [6, 6.07) is 13.8. The molecule has 0 radical (unpaired) electrons. The van der Waals surface area contributed by atoms with E-state index in [1.807, 2.05) is 31.2 Å². The molecule has 0 saturated carbocycles. The van der Waals surface area contributed by atoms with E-state index in [1.165, 1.54) is 28.6 Å². The average Bonchev–Trinajstić information content (AvgIpc) is 2.85. The standard InChI is InChI=1S/C16H12IN3O3S/c1-10-15(24-14-8-3-2-7-13(14)17)16(21)19(18-10)11-5-4-6-12(9-11)20(22)23/h2-9,18H,1H3. The van der Waals surface area contributed by atoms with Crippen molar-refractivity contribution in [1.82, 2.24) is 9.78 Å². The van der Waals surface area contributed by atoms with Gasteiger partial charge in [-0.15, -0.1) is 0 Å². The Kier molecular flexibility index (Phi) is 4.76. The smallest absolute Gasteiger partial charge is 0.285 e. The van der Waals surface area contributed by atoms with Crippen LogP contribution >= 0.6 is 34.4 Å². The van der Waals surface area contributed by atoms with Crippen molar-refractivity contribution >= 4 is 40.0 Å². The second kappa shape index (κ2) is 6.81. The lowest BCUT2D eigenvalue weighted by Gasteiger charge is -2.02. The molecule has 0 aliphatic rings. The Hall–Kier alpha value is -2.07. The predicted molar refractivity (Wildman–Crippen MR) is 101 cm³/mol. The Balaban J connectivity index is 2.04. The van der Waals surface area contributed by atoms with Crippen LogP contribution in [0, 0.1) is 20.6 Å². The fourth-order valence-corrected chi connectivity index (χ4v) is 3.84. The molecule has 0 atom stereocenters. The number of aryl methyl sites for hydroxylation is 1. The summed E-state index contributed by atoms with van der Waals surface area (Å²) >= 11 is 3.61. The molecule has 1 aromatic heterocycles. The van der Waals surface area contributed by atoms with Crippen LogP contribution in [0.1, 0.15) is 5.69 Å². The summed E-state index contributed by atoms with van der Waals surface area (Å²) in [5, 5.41) is 13.9. The molecule has 0 unspecified atom stereocenters. The van der Waals surface area contributed by atoms with Gasteiger partial charge in [0.1, 0.15) is 4.90 Å². The van der Waals surface area contributed by atoms with Gasteiger partial charge in [0.2, 0.25) is 0 Å². The van der Waals surface area contributed by atoms with E-state index in [1.54, 1.807) is 12.1 Å². The largest absolute Gasteiger partial charge is 0.294 e. The Morgan fingerprint density at radius 2 is 1.96 bits per heavy atom. The molecule has 2 aromatic carbocycles. The Bertz CT molecular complexity index is 981. The van der Waals surface area contributed by atoms with Crippen LogP contribution in [0.15, 0.2) is 63.1 Å². The van der Waals surface area contributed by atoms with Gasteiger partial charge in [-0.1, -0.05) is 30.0 Å². The number of hydrogen-bond donors (Lipinski definition) is 1. The zero-order chi connectivity index (χ0) is 17.3. The minimum Gasteiger partial charge on any atom is -0.294 e. The second-order valence-electron chi connectivity index (χ2n) is 5.02. The molecule has 3 rings (SSSR count). The number of non-ortho nitro benzene ring substituents is 1. The van der Waals surface area contributed by atoms with Gasteiger partial charge in [-0.2, -0.15) is 0 Å². The molecule has 0 spiro atoms. The van der Waals surface area contributed by atoms with Crippen LogP contribution in [-0.4, -0.2) is 14.7 Å². The second-order valence-corrected chi connectivity index (χ2v) is 7.23. The molecule has 0 fully saturated rings. The lowest BCUT2D eigenvalue weighted by atomic mass is 10.3. The molecule has 0 aliphatic heterocycles. The first-order valence-corrected chi connectivity index (χ1v) is 8.85. The Morgan fingerprint density at radius 1 is 1.21 bits per heavy atom. The van der Waals surface area contributed by atoms with Crippen molar-refractivity contribution in [1.29, 1.82) is 0 Å². The molecule has 0 bridgehead atoms. The molecule has 6 nitrogen and oxygen atoms in total. The monoisotopic (exact) mass is 453 g/mol. The third kappa shape index (κ3) is 3.24. The first-order valence-electron chi connectivity index (χ1n) is 6.96. The Morgan fingerprint density at radius 3 is 2.67 bits per heavy atom. The van der Waals surface area contributed by atoms with Gasteiger partial charge in [0.25, 0.3) is 11.2 Å². The molecular formula is C16H12IN3O3S. The van der Waals surface area contributed by atoms with Gasteiger partial charge in [-0.3, -0.25) is 20.0 Å². The van der Waals surface area contributed by atoms with E-state index in [2.05, 4.69) is 27.7 Å². The predicted octanol–water partition coefficient (Wildman–Crippen LogP) is 4.14. The summed E-state index contributed by atoms with van der Waals surface area (Å²) in [7, 11) is 0. The lowest BCUT2D eigenvalue weighted by Crippen LogP contribution is -2.15. The number of aromatic amines is 1. The van der Waals surface area contributed by atoms with Crippen LogP contribution in [-0.2, 0) is 0 Å². The van der Waals surface area contributed by atoms with Gasteiger partial charge < -0.3 is 0 Å². The van der Waals surface area contributed by atoms with Gasteiger partial charge in [-0.05, 0) is 47.7 Å². The highest BCUT2D eigenvalue weighted by molar-refractivity contribution is 14.1. The zero-order valence-corrected chi connectivity index (χ0v) is 15.5. The van der Waals surface area contributed by atoms with Crippen LogP contribution in [0.2, 0.25) is 0 Å². The topological polar surface area (TPSA) is 80.9 Å². The van der Waals surface area contributed by atoms with Crippen molar-refractivity contribution in [3.63, 3.8) is 0 Å². The van der Waals surface area contributed by atoms with Crippen LogP contribution < -0.4 is 5.56 Å². The van der Waals surface area contributed by atoms with Gasteiger partial charge in [-0.25, -0.2) is 4.68 Å². The van der Waals surface area contributed by atoms with Crippen molar-refractivity contribution in [2.75, 3.05) is 0 Å². The highest BCUT2D eigenvalue weighted by Crippen LogP contribution is 2.31. The van der Waals surface area contributed by atoms with Crippen molar-refractivity contribution < 1.29 is 4.92 Å². The third-order valence-corrected chi connectivity index (χ3v) is 5.93. The maximum Gasteiger partial charge on any atom is 0.285 e. The van der Waals surface area contributed by atoms with E-state index < -0.39 is 4.92 Å². The molecule has 122 valence electrons. The first-order chi connectivity index (χ1) is 11.5. The number of halogens is 1. The number of benzene rings is 2. The van der Waals surface area contributed by atoms with Gasteiger partial charge in [0.15, 0.2) is 0 Å². The van der Waals surface area contributed by atoms with Crippen LogP contribution in [0.4, 0.5) is 5.69 Å². The van der Waals surface area contributed by atoms with Crippen LogP contribution in [0.5, 0.6) is 0 Å². The van der Waals surface area contributed by atoms with Gasteiger partial charge in [0.05, 0.1) is 10.6 Å². The first kappa shape index (κ1) is 16.8. The lowest BCUT2D eigenvalue weighted by molar-refractivity contribution is -0.384. The van der Waals surface area contributed by atoms with Crippen molar-refractivity contribution in [2.24, 2.45) is 0 Å². The van der Waals surface area contributed by atoms with E-state index >= 15 is 0 Å². The molecule has 1 heterocycles. The summed E-state index contributed by atoms with van der Waals surface area (Å²) in [6.07, 6.45) is 0. The summed E-state index contributed by atoms with van der Waals surface area (Å²) in [5.41, 5.74) is 0.874. The molecule has 0 aliphatic carbocycles. The summed E-state index contributed by atoms with van der Waals surface area (Å²) in [6.45, 7) is 1.81. The van der Waals surface area contributed by atoms with Gasteiger partial charge in [0, 0.05) is 26.3 Å². The number of nitro benzene ring substituents is 1. The fraction of sp³-hybridized carbons (Fsp3) is 0.0625. The van der Waals surface area contributed by atoms with E-state index in [0.717, 1.165) is 14.2 Å². The maximum atomic E-state index is 12.7. The number of nitrogens with one attached hydrogen (secondary N) is 1. The quantitative estimate of drug-likeness (QED) is 0.366. The number of nitro groups is 1. The summed E-state index contributed by atoms with van der Waals surface area (Å²) < 4.78 is 2.39. The van der Waals surface area contributed by atoms with Crippen LogP contribution in [0.3, 0.4) is 0 Å². The van der Waals surface area contributed by atoms with Crippen molar-refractivity contribution in [3.05, 3.63) is 78.3 Å². The molecular weight excluding hydrogens is 441 g/mol. The molecule has 8 heteroatoms. The minimum atomic E-state index is -0.480. The van der Waals surface area contributed by atoms with E-state index in [0.29, 0.717) is 10.6 Å². The minimum absolute atomic E-state index is 0.0570. The Labute approximate surface area is 155 Å². The molecule has 0 amide bonds. The molecule has 1 N–H and O–H groups in total. The number of H-pyrrole nitrogens is 1. The molecule has 3 aromatic rings. The highest BCUT2D eigenvalue weighted by Gasteiger charge is 2.16. The van der Waals surface area contributed by atoms with Crippen LogP contribution in [0.25, 0.3) is 5.69 Å². The summed E-state index contributed by atoms with van der Waals surface area (Å²) in [5.74, 6) is 0. The number of aromatic nitrogens is 2. The van der Waals surface area contributed by atoms with Gasteiger partial charge >= 0.3 is 0 Å². The number of nitrogens with zero attached hydrogens (tertiary/aromatic N) is 2. The number of rotatable bonds is 4. The zero-order valence-electron chi connectivity index (χ0n) is 12.5. The third-order valence-electron chi connectivity index (χ3n) is 3.36. The van der Waals surface area contributed by atoms with Crippen molar-refractivity contribution in [2.45, 2.75) is 16.7 Å². The summed E-state index contributed by atoms with van der Waals surface area (Å²) in [4.78, 5) is 24.7. The average molecular weight is 453 g/mol. The van der Waals surface area contributed by atoms with E-state index in [4.69, 9.17) is 0 Å². The molecule has 24 heavy (non-hydrogen) atoms. The number of hydrogen-bond acceptors (Lipinski definition) is 4. The SMILES string of the molecule is Cc1[nH]n(-c2cccc([N+](=O)[O-])c2)c(=O)c1Sc1ccccc1I. The maximum absolute atomic E-state index is 12.7. The fourth-order valence-electron chi connectivity index (χ4n) is 2.22. The van der Waals surface area contributed by atoms with E-state index in [9.17, 15) is 14.9 Å².